The van der Waals surface area contributed by atoms with Crippen LogP contribution >= 0.6 is 11.8 Å². The average Bonchev–Trinajstić information content (AvgIpc) is 2.16. The molecule has 1 nitrogen and oxygen atoms in total. The Labute approximate surface area is 82.5 Å². The van der Waals surface area contributed by atoms with Crippen LogP contribution in [0.3, 0.4) is 0 Å². The maximum atomic E-state index is 13.1. The van der Waals surface area contributed by atoms with Crippen LogP contribution in [0.25, 0.3) is 0 Å². The smallest absolute Gasteiger partial charge is 0.136 e. The van der Waals surface area contributed by atoms with Crippen molar-refractivity contribution in [2.45, 2.75) is 24.3 Å². The van der Waals surface area contributed by atoms with E-state index in [2.05, 4.69) is 0 Å². The Kier molecular flexibility index (Phi) is 4.25. The first-order chi connectivity index (χ1) is 6.24. The normalized spacial score (nSPS) is 12.8. The molecule has 0 aliphatic carbocycles. The molecular weight excluding hydrogens is 185 g/mol. The van der Waals surface area contributed by atoms with Gasteiger partial charge in [-0.2, -0.15) is 0 Å². The van der Waals surface area contributed by atoms with E-state index in [4.69, 9.17) is 5.73 Å². The third kappa shape index (κ3) is 3.36. The van der Waals surface area contributed by atoms with Crippen LogP contribution in [0.1, 0.15) is 13.3 Å². The quantitative estimate of drug-likeness (QED) is 0.754. The molecule has 0 bridgehead atoms. The molecule has 1 aromatic rings. The van der Waals surface area contributed by atoms with Gasteiger partial charge in [0.1, 0.15) is 5.82 Å². The molecule has 0 radical (unpaired) electrons. The first-order valence-electron chi connectivity index (χ1n) is 4.37. The van der Waals surface area contributed by atoms with E-state index in [1.165, 1.54) is 17.8 Å². The maximum Gasteiger partial charge on any atom is 0.136 e. The summed E-state index contributed by atoms with van der Waals surface area (Å²) >= 11 is 1.48. The summed E-state index contributed by atoms with van der Waals surface area (Å²) < 4.78 is 13.1. The second kappa shape index (κ2) is 5.25. The van der Waals surface area contributed by atoms with Crippen LogP contribution < -0.4 is 5.73 Å². The fourth-order valence-corrected chi connectivity index (χ4v) is 1.89. The van der Waals surface area contributed by atoms with Crippen LogP contribution in [-0.2, 0) is 0 Å². The summed E-state index contributed by atoms with van der Waals surface area (Å²) in [5.41, 5.74) is 5.73. The zero-order valence-electron chi connectivity index (χ0n) is 7.66. The highest BCUT2D eigenvalue weighted by Gasteiger charge is 2.04. The average molecular weight is 199 g/mol. The zero-order chi connectivity index (χ0) is 9.68. The lowest BCUT2D eigenvalue weighted by Gasteiger charge is -2.07. The third-order valence-corrected chi connectivity index (χ3v) is 3.05. The lowest BCUT2D eigenvalue weighted by atomic mass is 10.3. The van der Waals surface area contributed by atoms with Gasteiger partial charge in [-0.05, 0) is 18.6 Å². The zero-order valence-corrected chi connectivity index (χ0v) is 8.48. The Bertz CT molecular complexity index is 265. The number of benzene rings is 1. The summed E-state index contributed by atoms with van der Waals surface area (Å²) in [7, 11) is 0. The molecule has 1 rings (SSSR count). The van der Waals surface area contributed by atoms with Crippen LogP contribution in [0, 0.1) is 5.82 Å². The summed E-state index contributed by atoms with van der Waals surface area (Å²) in [6, 6.07) is 6.94. The van der Waals surface area contributed by atoms with Crippen molar-refractivity contribution in [3.8, 4) is 0 Å². The first-order valence-corrected chi connectivity index (χ1v) is 5.35. The minimum Gasteiger partial charge on any atom is -0.327 e. The molecule has 1 aromatic carbocycles. The van der Waals surface area contributed by atoms with Gasteiger partial charge in [0.05, 0.1) is 0 Å². The van der Waals surface area contributed by atoms with Crippen molar-refractivity contribution in [2.24, 2.45) is 5.73 Å². The molecule has 0 saturated carbocycles. The Morgan fingerprint density at radius 3 is 2.77 bits per heavy atom. The maximum absolute atomic E-state index is 13.1. The number of nitrogens with two attached hydrogens (primary N) is 1. The van der Waals surface area contributed by atoms with Gasteiger partial charge in [0.15, 0.2) is 0 Å². The molecule has 0 aromatic heterocycles. The van der Waals surface area contributed by atoms with E-state index in [0.29, 0.717) is 4.90 Å². The van der Waals surface area contributed by atoms with Gasteiger partial charge in [0.2, 0.25) is 0 Å². The molecule has 0 aliphatic heterocycles. The van der Waals surface area contributed by atoms with Crippen LogP contribution in [0.2, 0.25) is 0 Å². The number of hydrogen-bond acceptors (Lipinski definition) is 2. The van der Waals surface area contributed by atoms with Crippen LogP contribution in [-0.4, -0.2) is 11.8 Å². The van der Waals surface area contributed by atoms with Gasteiger partial charge >= 0.3 is 0 Å². The largest absolute Gasteiger partial charge is 0.327 e. The monoisotopic (exact) mass is 199 g/mol. The van der Waals surface area contributed by atoms with Gasteiger partial charge in [-0.25, -0.2) is 4.39 Å². The van der Waals surface area contributed by atoms with Crippen molar-refractivity contribution >= 4 is 11.8 Å². The minimum absolute atomic E-state index is 0.157. The lowest BCUT2D eigenvalue weighted by molar-refractivity contribution is 0.601. The number of halogens is 1. The van der Waals surface area contributed by atoms with E-state index in [9.17, 15) is 4.39 Å². The van der Waals surface area contributed by atoms with Crippen LogP contribution in [0.15, 0.2) is 29.2 Å². The summed E-state index contributed by atoms with van der Waals surface area (Å²) in [6.07, 6.45) is 0.932. The summed E-state index contributed by atoms with van der Waals surface area (Å²) in [5.74, 6) is 0.619. The standard InChI is InChI=1S/C10H14FNS/c1-2-8(12)7-13-10-6-4-3-5-9(10)11/h3-6,8H,2,7,12H2,1H3/t8-/m1/s1. The van der Waals surface area contributed by atoms with E-state index in [0.717, 1.165) is 12.2 Å². The lowest BCUT2D eigenvalue weighted by Crippen LogP contribution is -2.21. The van der Waals surface area contributed by atoms with E-state index in [1.807, 2.05) is 13.0 Å². The van der Waals surface area contributed by atoms with Crippen molar-refractivity contribution < 1.29 is 4.39 Å². The topological polar surface area (TPSA) is 26.0 Å². The molecule has 0 spiro atoms. The molecule has 0 unspecified atom stereocenters. The Balaban J connectivity index is 2.50. The number of hydrogen-bond donors (Lipinski definition) is 1. The van der Waals surface area contributed by atoms with E-state index in [1.54, 1.807) is 12.1 Å². The fraction of sp³-hybridized carbons (Fsp3) is 0.400. The summed E-state index contributed by atoms with van der Waals surface area (Å²) in [4.78, 5) is 0.686. The predicted octanol–water partition coefficient (Wildman–Crippen LogP) is 2.66. The SMILES string of the molecule is CC[C@@H](N)CSc1ccccc1F. The van der Waals surface area contributed by atoms with E-state index in [-0.39, 0.29) is 11.9 Å². The third-order valence-electron chi connectivity index (χ3n) is 1.81. The molecule has 2 N–H and O–H groups in total. The molecule has 13 heavy (non-hydrogen) atoms. The summed E-state index contributed by atoms with van der Waals surface area (Å²) in [6.45, 7) is 2.03. The van der Waals surface area contributed by atoms with Crippen LogP contribution in [0.5, 0.6) is 0 Å². The Morgan fingerprint density at radius 2 is 2.15 bits per heavy atom. The molecule has 0 heterocycles. The molecule has 1 atom stereocenters. The molecule has 0 fully saturated rings. The molecule has 3 heteroatoms. The van der Waals surface area contributed by atoms with Gasteiger partial charge in [0.25, 0.3) is 0 Å². The van der Waals surface area contributed by atoms with Gasteiger partial charge < -0.3 is 5.73 Å². The first kappa shape index (κ1) is 10.5. The minimum atomic E-state index is -0.157. The predicted molar refractivity (Wildman–Crippen MR) is 55.4 cm³/mol. The van der Waals surface area contributed by atoms with Gasteiger partial charge in [-0.15, -0.1) is 11.8 Å². The highest BCUT2D eigenvalue weighted by molar-refractivity contribution is 7.99. The van der Waals surface area contributed by atoms with Crippen molar-refractivity contribution in [1.29, 1.82) is 0 Å². The van der Waals surface area contributed by atoms with Crippen molar-refractivity contribution in [3.05, 3.63) is 30.1 Å². The molecule has 72 valence electrons. The van der Waals surface area contributed by atoms with Crippen molar-refractivity contribution in [2.75, 3.05) is 5.75 Å². The van der Waals surface area contributed by atoms with Gasteiger partial charge in [0, 0.05) is 16.7 Å². The number of thioether (sulfide) groups is 1. The Hall–Kier alpha value is -0.540. The van der Waals surface area contributed by atoms with Crippen LogP contribution in [0.4, 0.5) is 4.39 Å². The molecule has 0 saturated heterocycles. The van der Waals surface area contributed by atoms with Crippen molar-refractivity contribution in [1.82, 2.24) is 0 Å². The van der Waals surface area contributed by atoms with Gasteiger partial charge in [-0.3, -0.25) is 0 Å². The highest BCUT2D eigenvalue weighted by Crippen LogP contribution is 2.21. The van der Waals surface area contributed by atoms with Gasteiger partial charge in [-0.1, -0.05) is 19.1 Å². The molecule has 0 aliphatic rings. The number of rotatable bonds is 4. The second-order valence-electron chi connectivity index (χ2n) is 2.91. The molecule has 0 amide bonds. The molecular formula is C10H14FNS. The second-order valence-corrected chi connectivity index (χ2v) is 3.97. The summed E-state index contributed by atoms with van der Waals surface area (Å²) in [5, 5.41) is 0. The highest BCUT2D eigenvalue weighted by atomic mass is 32.2. The fourth-order valence-electron chi connectivity index (χ4n) is 0.876. The van der Waals surface area contributed by atoms with E-state index >= 15 is 0 Å². The van der Waals surface area contributed by atoms with E-state index < -0.39 is 0 Å². The van der Waals surface area contributed by atoms with Crippen molar-refractivity contribution in [3.63, 3.8) is 0 Å². The Morgan fingerprint density at radius 1 is 1.46 bits per heavy atom.